The van der Waals surface area contributed by atoms with Crippen molar-refractivity contribution in [2.45, 2.75) is 6.61 Å². The number of thiazole rings is 2. The van der Waals surface area contributed by atoms with Gasteiger partial charge < -0.3 is 4.74 Å². The first-order chi connectivity index (χ1) is 6.40. The van der Waals surface area contributed by atoms with Crippen molar-refractivity contribution in [1.82, 2.24) is 9.97 Å². The first-order valence-corrected chi connectivity index (χ1v) is 5.48. The highest BCUT2D eigenvalue weighted by Gasteiger charge is 2.05. The van der Waals surface area contributed by atoms with E-state index in [1.807, 2.05) is 17.1 Å². The van der Waals surface area contributed by atoms with Crippen molar-refractivity contribution >= 4 is 22.7 Å². The van der Waals surface area contributed by atoms with E-state index in [9.17, 15) is 0 Å². The average Bonchev–Trinajstić information content (AvgIpc) is 2.70. The lowest BCUT2D eigenvalue weighted by Crippen LogP contribution is -1.86. The van der Waals surface area contributed by atoms with Gasteiger partial charge in [-0.3, -0.25) is 4.98 Å². The zero-order valence-corrected chi connectivity index (χ0v) is 8.69. The summed E-state index contributed by atoms with van der Waals surface area (Å²) in [7, 11) is 1.67. The Morgan fingerprint density at radius 1 is 1.46 bits per heavy atom. The molecule has 2 rings (SSSR count). The summed E-state index contributed by atoms with van der Waals surface area (Å²) in [6, 6.07) is 0. The maximum absolute atomic E-state index is 4.99. The molecule has 0 fully saturated rings. The fourth-order valence-electron chi connectivity index (χ4n) is 0.956. The van der Waals surface area contributed by atoms with E-state index in [-0.39, 0.29) is 0 Å². The SMILES string of the molecule is COCc1csc(-c2cncs2)n1. The first kappa shape index (κ1) is 8.80. The highest BCUT2D eigenvalue weighted by atomic mass is 32.1. The van der Waals surface area contributed by atoms with E-state index in [0.29, 0.717) is 6.61 Å². The van der Waals surface area contributed by atoms with Crippen LogP contribution >= 0.6 is 22.7 Å². The molecule has 2 aromatic heterocycles. The highest BCUT2D eigenvalue weighted by molar-refractivity contribution is 7.19. The lowest BCUT2D eigenvalue weighted by molar-refractivity contribution is 0.182. The summed E-state index contributed by atoms with van der Waals surface area (Å²) < 4.78 is 4.99. The summed E-state index contributed by atoms with van der Waals surface area (Å²) >= 11 is 3.23. The molecule has 3 nitrogen and oxygen atoms in total. The molecule has 0 spiro atoms. The Morgan fingerprint density at radius 3 is 3.08 bits per heavy atom. The predicted molar refractivity (Wildman–Crippen MR) is 53.9 cm³/mol. The number of hydrogen-bond acceptors (Lipinski definition) is 5. The Morgan fingerprint density at radius 2 is 2.38 bits per heavy atom. The van der Waals surface area contributed by atoms with Crippen LogP contribution in [0.1, 0.15) is 5.69 Å². The molecule has 0 N–H and O–H groups in total. The summed E-state index contributed by atoms with van der Waals surface area (Å²) in [5.41, 5.74) is 2.79. The van der Waals surface area contributed by atoms with Gasteiger partial charge in [-0.1, -0.05) is 0 Å². The standard InChI is InChI=1S/C8H8N2OS2/c1-11-3-6-4-12-8(10-6)7-2-9-5-13-7/h2,4-5H,3H2,1H3. The van der Waals surface area contributed by atoms with Gasteiger partial charge in [0, 0.05) is 18.7 Å². The van der Waals surface area contributed by atoms with Crippen LogP contribution in [0.25, 0.3) is 9.88 Å². The van der Waals surface area contributed by atoms with Gasteiger partial charge in [-0.15, -0.1) is 22.7 Å². The highest BCUT2D eigenvalue weighted by Crippen LogP contribution is 2.26. The number of ether oxygens (including phenoxy) is 1. The number of methoxy groups -OCH3 is 1. The van der Waals surface area contributed by atoms with Crippen molar-refractivity contribution in [2.24, 2.45) is 0 Å². The smallest absolute Gasteiger partial charge is 0.135 e. The van der Waals surface area contributed by atoms with Crippen LogP contribution < -0.4 is 0 Å². The largest absolute Gasteiger partial charge is 0.378 e. The normalized spacial score (nSPS) is 10.5. The second-order valence-corrected chi connectivity index (χ2v) is 4.19. The molecular formula is C8H8N2OS2. The Balaban J connectivity index is 2.23. The molecular weight excluding hydrogens is 204 g/mol. The van der Waals surface area contributed by atoms with Gasteiger partial charge in [-0.2, -0.15) is 0 Å². The number of hydrogen-bond donors (Lipinski definition) is 0. The molecule has 0 aliphatic rings. The van der Waals surface area contributed by atoms with Crippen LogP contribution in [0.5, 0.6) is 0 Å². The van der Waals surface area contributed by atoms with Crippen LogP contribution in [0, 0.1) is 0 Å². The van der Waals surface area contributed by atoms with E-state index < -0.39 is 0 Å². The third-order valence-electron chi connectivity index (χ3n) is 1.49. The molecule has 0 saturated heterocycles. The third-order valence-corrected chi connectivity index (χ3v) is 3.32. The van der Waals surface area contributed by atoms with Crippen LogP contribution in [0.2, 0.25) is 0 Å². The van der Waals surface area contributed by atoms with Crippen molar-refractivity contribution < 1.29 is 4.74 Å². The molecule has 2 aromatic rings. The van der Waals surface area contributed by atoms with Gasteiger partial charge in [-0.25, -0.2) is 4.98 Å². The van der Waals surface area contributed by atoms with Gasteiger partial charge in [0.2, 0.25) is 0 Å². The minimum atomic E-state index is 0.579. The fraction of sp³-hybridized carbons (Fsp3) is 0.250. The molecule has 0 bridgehead atoms. The lowest BCUT2D eigenvalue weighted by Gasteiger charge is -1.90. The van der Waals surface area contributed by atoms with Crippen LogP contribution in [0.4, 0.5) is 0 Å². The van der Waals surface area contributed by atoms with E-state index >= 15 is 0 Å². The lowest BCUT2D eigenvalue weighted by atomic mass is 10.5. The van der Waals surface area contributed by atoms with Gasteiger partial charge in [0.25, 0.3) is 0 Å². The van der Waals surface area contributed by atoms with Crippen molar-refractivity contribution in [3.05, 3.63) is 22.8 Å². The molecule has 5 heteroatoms. The molecule has 68 valence electrons. The third kappa shape index (κ3) is 1.93. The topological polar surface area (TPSA) is 35.0 Å². The number of nitrogens with zero attached hydrogens (tertiary/aromatic N) is 2. The molecule has 0 atom stereocenters. The molecule has 0 aliphatic heterocycles. The van der Waals surface area contributed by atoms with Crippen molar-refractivity contribution in [2.75, 3.05) is 7.11 Å². The molecule has 0 amide bonds. The quantitative estimate of drug-likeness (QED) is 0.783. The van der Waals surface area contributed by atoms with E-state index in [0.717, 1.165) is 15.6 Å². The van der Waals surface area contributed by atoms with Gasteiger partial charge >= 0.3 is 0 Å². The summed E-state index contributed by atoms with van der Waals surface area (Å²) in [5, 5.41) is 3.04. The minimum absolute atomic E-state index is 0.579. The Hall–Kier alpha value is -0.780. The Bertz CT molecular complexity index is 369. The monoisotopic (exact) mass is 212 g/mol. The zero-order chi connectivity index (χ0) is 9.10. The molecule has 0 saturated carbocycles. The van der Waals surface area contributed by atoms with Crippen molar-refractivity contribution in [3.8, 4) is 9.88 Å². The average molecular weight is 212 g/mol. The summed E-state index contributed by atoms with van der Waals surface area (Å²) in [5.74, 6) is 0. The zero-order valence-electron chi connectivity index (χ0n) is 7.06. The fourth-order valence-corrected chi connectivity index (χ4v) is 2.46. The summed E-state index contributed by atoms with van der Waals surface area (Å²) in [4.78, 5) is 9.53. The number of aromatic nitrogens is 2. The Kier molecular flexibility index (Phi) is 2.68. The Labute approximate surface area is 84.1 Å². The minimum Gasteiger partial charge on any atom is -0.378 e. The van der Waals surface area contributed by atoms with E-state index in [2.05, 4.69) is 9.97 Å². The molecule has 13 heavy (non-hydrogen) atoms. The van der Waals surface area contributed by atoms with Crippen LogP contribution in [0.15, 0.2) is 17.1 Å². The second-order valence-electron chi connectivity index (χ2n) is 2.44. The first-order valence-electron chi connectivity index (χ1n) is 3.72. The summed E-state index contributed by atoms with van der Waals surface area (Å²) in [6.45, 7) is 0.579. The van der Waals surface area contributed by atoms with Crippen LogP contribution in [-0.4, -0.2) is 17.1 Å². The molecule has 2 heterocycles. The van der Waals surface area contributed by atoms with Gasteiger partial charge in [0.05, 0.1) is 22.7 Å². The van der Waals surface area contributed by atoms with Gasteiger partial charge in [0.1, 0.15) is 5.01 Å². The van der Waals surface area contributed by atoms with E-state index in [1.54, 1.807) is 29.8 Å². The van der Waals surface area contributed by atoms with Crippen LogP contribution in [-0.2, 0) is 11.3 Å². The van der Waals surface area contributed by atoms with Gasteiger partial charge in [-0.05, 0) is 0 Å². The van der Waals surface area contributed by atoms with Crippen molar-refractivity contribution in [3.63, 3.8) is 0 Å². The summed E-state index contributed by atoms with van der Waals surface area (Å²) in [6.07, 6.45) is 1.83. The molecule has 0 aromatic carbocycles. The maximum atomic E-state index is 4.99. The molecule has 0 aliphatic carbocycles. The molecule has 0 unspecified atom stereocenters. The van der Waals surface area contributed by atoms with Gasteiger partial charge in [0.15, 0.2) is 0 Å². The van der Waals surface area contributed by atoms with Crippen molar-refractivity contribution in [1.29, 1.82) is 0 Å². The second kappa shape index (κ2) is 3.95. The number of rotatable bonds is 3. The molecule has 0 radical (unpaired) electrons. The van der Waals surface area contributed by atoms with E-state index in [1.165, 1.54) is 0 Å². The maximum Gasteiger partial charge on any atom is 0.135 e. The predicted octanol–water partition coefficient (Wildman–Crippen LogP) is 2.41. The van der Waals surface area contributed by atoms with E-state index in [4.69, 9.17) is 4.74 Å². The van der Waals surface area contributed by atoms with Crippen LogP contribution in [0.3, 0.4) is 0 Å².